The van der Waals surface area contributed by atoms with Crippen LogP contribution in [0.5, 0.6) is 0 Å². The van der Waals surface area contributed by atoms with Gasteiger partial charge in [-0.2, -0.15) is 4.31 Å². The molecule has 0 spiro atoms. The van der Waals surface area contributed by atoms with Gasteiger partial charge in [0.1, 0.15) is 5.76 Å². The number of carbonyl (C=O) groups excluding carboxylic acids is 1. The van der Waals surface area contributed by atoms with Crippen molar-refractivity contribution in [2.24, 2.45) is 5.73 Å². The highest BCUT2D eigenvalue weighted by molar-refractivity contribution is 7.89. The first-order chi connectivity index (χ1) is 11.9. The van der Waals surface area contributed by atoms with Gasteiger partial charge in [-0.15, -0.1) is 0 Å². The molecule has 1 saturated carbocycles. The lowest BCUT2D eigenvalue weighted by Crippen LogP contribution is -2.48. The number of amides is 1. The molecule has 1 saturated heterocycles. The SMILES string of the molecule is C=C1CN(S(=O)(=O)CCCN)CC[C@H]1NC(=O)c1cc(C2CC2)on1. The van der Waals surface area contributed by atoms with E-state index >= 15 is 0 Å². The van der Waals surface area contributed by atoms with Crippen molar-refractivity contribution >= 4 is 15.9 Å². The molecule has 0 aromatic carbocycles. The van der Waals surface area contributed by atoms with Gasteiger partial charge in [-0.05, 0) is 37.8 Å². The molecular formula is C16H24N4O4S. The number of piperidine rings is 1. The van der Waals surface area contributed by atoms with Crippen LogP contribution in [0.1, 0.15) is 47.8 Å². The van der Waals surface area contributed by atoms with E-state index in [0.717, 1.165) is 18.6 Å². The molecule has 0 unspecified atom stereocenters. The van der Waals surface area contributed by atoms with Crippen molar-refractivity contribution in [2.75, 3.05) is 25.4 Å². The predicted octanol–water partition coefficient (Wildman–Crippen LogP) is 0.591. The Bertz CT molecular complexity index is 754. The largest absolute Gasteiger partial charge is 0.360 e. The van der Waals surface area contributed by atoms with Gasteiger partial charge >= 0.3 is 0 Å². The molecule has 8 nitrogen and oxygen atoms in total. The summed E-state index contributed by atoms with van der Waals surface area (Å²) in [6.07, 6.45) is 3.06. The highest BCUT2D eigenvalue weighted by Crippen LogP contribution is 2.40. The van der Waals surface area contributed by atoms with E-state index in [9.17, 15) is 13.2 Å². The van der Waals surface area contributed by atoms with Crippen LogP contribution in [-0.2, 0) is 10.0 Å². The van der Waals surface area contributed by atoms with Gasteiger partial charge in [0.2, 0.25) is 10.0 Å². The Morgan fingerprint density at radius 1 is 1.44 bits per heavy atom. The molecule has 1 aliphatic carbocycles. The molecule has 25 heavy (non-hydrogen) atoms. The molecule has 9 heteroatoms. The van der Waals surface area contributed by atoms with E-state index in [4.69, 9.17) is 10.3 Å². The van der Waals surface area contributed by atoms with E-state index in [1.165, 1.54) is 4.31 Å². The average molecular weight is 368 g/mol. The molecule has 1 aromatic rings. The topological polar surface area (TPSA) is 119 Å². The molecule has 3 N–H and O–H groups in total. The summed E-state index contributed by atoms with van der Waals surface area (Å²) in [6, 6.07) is 1.41. The Morgan fingerprint density at radius 3 is 2.84 bits per heavy atom. The van der Waals surface area contributed by atoms with Gasteiger partial charge in [0.15, 0.2) is 5.69 Å². The first kappa shape index (κ1) is 18.1. The van der Waals surface area contributed by atoms with E-state index in [1.807, 2.05) is 0 Å². The number of nitrogens with zero attached hydrogens (tertiary/aromatic N) is 2. The third-order valence-electron chi connectivity index (χ3n) is 4.59. The third kappa shape index (κ3) is 4.28. The van der Waals surface area contributed by atoms with Crippen LogP contribution < -0.4 is 11.1 Å². The summed E-state index contributed by atoms with van der Waals surface area (Å²) in [4.78, 5) is 12.3. The molecule has 2 fully saturated rings. The lowest BCUT2D eigenvalue weighted by Gasteiger charge is -2.33. The smallest absolute Gasteiger partial charge is 0.273 e. The lowest BCUT2D eigenvalue weighted by atomic mass is 10.0. The second-order valence-electron chi connectivity index (χ2n) is 6.65. The van der Waals surface area contributed by atoms with Crippen LogP contribution in [0.4, 0.5) is 0 Å². The van der Waals surface area contributed by atoms with Crippen LogP contribution in [0.15, 0.2) is 22.7 Å². The summed E-state index contributed by atoms with van der Waals surface area (Å²) in [5.74, 6) is 0.869. The van der Waals surface area contributed by atoms with Crippen LogP contribution in [0.25, 0.3) is 0 Å². The average Bonchev–Trinajstić information content (AvgIpc) is 3.31. The van der Waals surface area contributed by atoms with E-state index < -0.39 is 10.0 Å². The zero-order chi connectivity index (χ0) is 18.0. The van der Waals surface area contributed by atoms with E-state index in [0.29, 0.717) is 37.4 Å². The van der Waals surface area contributed by atoms with Gasteiger partial charge in [-0.3, -0.25) is 4.79 Å². The van der Waals surface area contributed by atoms with Crippen molar-refractivity contribution in [1.29, 1.82) is 0 Å². The van der Waals surface area contributed by atoms with Crippen molar-refractivity contribution in [2.45, 2.75) is 37.6 Å². The minimum Gasteiger partial charge on any atom is -0.360 e. The normalized spacial score (nSPS) is 22.1. The number of sulfonamides is 1. The lowest BCUT2D eigenvalue weighted by molar-refractivity contribution is 0.0927. The summed E-state index contributed by atoms with van der Waals surface area (Å²) in [5, 5.41) is 6.69. The van der Waals surface area contributed by atoms with E-state index in [1.54, 1.807) is 6.07 Å². The van der Waals surface area contributed by atoms with Crippen molar-refractivity contribution in [3.63, 3.8) is 0 Å². The summed E-state index contributed by atoms with van der Waals surface area (Å²) in [6.45, 7) is 4.84. The van der Waals surface area contributed by atoms with Crippen LogP contribution in [0.2, 0.25) is 0 Å². The molecule has 1 amide bonds. The number of hydrogen-bond donors (Lipinski definition) is 2. The number of nitrogens with one attached hydrogen (secondary N) is 1. The Hall–Kier alpha value is -1.71. The van der Waals surface area contributed by atoms with E-state index in [2.05, 4.69) is 17.1 Å². The molecule has 1 aromatic heterocycles. The number of hydrogen-bond acceptors (Lipinski definition) is 6. The highest BCUT2D eigenvalue weighted by atomic mass is 32.2. The van der Waals surface area contributed by atoms with E-state index in [-0.39, 0.29) is 29.9 Å². The zero-order valence-electron chi connectivity index (χ0n) is 14.1. The fraction of sp³-hybridized carbons (Fsp3) is 0.625. The number of aromatic nitrogens is 1. The second-order valence-corrected chi connectivity index (χ2v) is 8.74. The Labute approximate surface area is 147 Å². The fourth-order valence-electron chi connectivity index (χ4n) is 2.89. The van der Waals surface area contributed by atoms with Gasteiger partial charge in [0.05, 0.1) is 11.8 Å². The van der Waals surface area contributed by atoms with Crippen molar-refractivity contribution in [3.05, 3.63) is 29.7 Å². The van der Waals surface area contributed by atoms with Gasteiger partial charge in [-0.1, -0.05) is 11.7 Å². The Kier molecular flexibility index (Phi) is 5.26. The minimum atomic E-state index is -3.33. The number of rotatable bonds is 7. The second kappa shape index (κ2) is 7.27. The van der Waals surface area contributed by atoms with Gasteiger partial charge in [-0.25, -0.2) is 8.42 Å². The maximum Gasteiger partial charge on any atom is 0.273 e. The number of carbonyl (C=O) groups is 1. The molecule has 1 atom stereocenters. The first-order valence-electron chi connectivity index (χ1n) is 8.53. The molecular weight excluding hydrogens is 344 g/mol. The fourth-order valence-corrected chi connectivity index (χ4v) is 4.42. The van der Waals surface area contributed by atoms with Gasteiger partial charge < -0.3 is 15.6 Å². The van der Waals surface area contributed by atoms with Crippen LogP contribution in [-0.4, -0.2) is 55.2 Å². The summed E-state index contributed by atoms with van der Waals surface area (Å²) in [7, 11) is -3.33. The van der Waals surface area contributed by atoms with Crippen molar-refractivity contribution in [3.8, 4) is 0 Å². The van der Waals surface area contributed by atoms with Gasteiger partial charge in [0.25, 0.3) is 5.91 Å². The monoisotopic (exact) mass is 368 g/mol. The van der Waals surface area contributed by atoms with Crippen LogP contribution in [0, 0.1) is 0 Å². The Morgan fingerprint density at radius 2 is 2.20 bits per heavy atom. The Balaban J connectivity index is 1.56. The van der Waals surface area contributed by atoms with Crippen molar-refractivity contribution in [1.82, 2.24) is 14.8 Å². The maximum atomic E-state index is 12.3. The molecule has 138 valence electrons. The molecule has 0 radical (unpaired) electrons. The maximum absolute atomic E-state index is 12.3. The summed E-state index contributed by atoms with van der Waals surface area (Å²) < 4.78 is 31.1. The number of nitrogens with two attached hydrogens (primary N) is 1. The molecule has 1 aliphatic heterocycles. The summed E-state index contributed by atoms with van der Waals surface area (Å²) in [5.41, 5.74) is 6.31. The third-order valence-corrected chi connectivity index (χ3v) is 6.49. The molecule has 0 bridgehead atoms. The standard InChI is InChI=1S/C16H24N4O4S/c1-11-10-20(25(22,23)8-2-6-17)7-5-13(11)18-16(21)14-9-15(24-19-14)12-3-4-12/h9,12-13H,1-8,10,17H2,(H,18,21)/t13-/m1/s1. The zero-order valence-corrected chi connectivity index (χ0v) is 14.9. The van der Waals surface area contributed by atoms with Crippen LogP contribution >= 0.6 is 0 Å². The van der Waals surface area contributed by atoms with Crippen LogP contribution in [0.3, 0.4) is 0 Å². The molecule has 3 rings (SSSR count). The molecule has 2 heterocycles. The van der Waals surface area contributed by atoms with Gasteiger partial charge in [0, 0.05) is 25.1 Å². The molecule has 2 aliphatic rings. The summed E-state index contributed by atoms with van der Waals surface area (Å²) >= 11 is 0. The first-order valence-corrected chi connectivity index (χ1v) is 10.1. The van der Waals surface area contributed by atoms with Crippen molar-refractivity contribution < 1.29 is 17.7 Å². The highest BCUT2D eigenvalue weighted by Gasteiger charge is 2.32. The quantitative estimate of drug-likeness (QED) is 0.680. The minimum absolute atomic E-state index is 0.0384. The predicted molar refractivity (Wildman–Crippen MR) is 92.5 cm³/mol.